The molecule has 0 unspecified atom stereocenters. The lowest BCUT2D eigenvalue weighted by molar-refractivity contribution is -0.137. The molecule has 16 heavy (non-hydrogen) atoms. The molecule has 0 aliphatic heterocycles. The molecule has 2 amide bonds. The number of aliphatic carboxylic acids is 1. The summed E-state index contributed by atoms with van der Waals surface area (Å²) in [5.74, 6) is -0.819. The molecule has 0 aromatic heterocycles. The minimum Gasteiger partial charge on any atom is -0.481 e. The average Bonchev–Trinajstić information content (AvgIpc) is 2.21. The number of nitrogens with zero attached hydrogens (tertiary/aromatic N) is 2. The third kappa shape index (κ3) is 5.00. The Kier molecular flexibility index (Phi) is 6.53. The van der Waals surface area contributed by atoms with Gasteiger partial charge in [-0.05, 0) is 27.2 Å². The van der Waals surface area contributed by atoms with Gasteiger partial charge in [0.1, 0.15) is 0 Å². The summed E-state index contributed by atoms with van der Waals surface area (Å²) >= 11 is 0. The van der Waals surface area contributed by atoms with E-state index in [0.29, 0.717) is 19.5 Å². The van der Waals surface area contributed by atoms with E-state index in [2.05, 4.69) is 0 Å². The standard InChI is InChI=1S/C11H22N2O3/c1-5-12(4)11(16)13(9(2)3)8-6-7-10(14)15/h9H,5-8H2,1-4H3,(H,14,15). The maximum absolute atomic E-state index is 11.9. The molecule has 94 valence electrons. The maximum atomic E-state index is 11.9. The molecule has 0 rings (SSSR count). The molecular weight excluding hydrogens is 208 g/mol. The molecule has 0 radical (unpaired) electrons. The summed E-state index contributed by atoms with van der Waals surface area (Å²) in [5.41, 5.74) is 0. The van der Waals surface area contributed by atoms with Gasteiger partial charge in [-0.2, -0.15) is 0 Å². The van der Waals surface area contributed by atoms with Crippen molar-refractivity contribution in [3.05, 3.63) is 0 Å². The van der Waals surface area contributed by atoms with Crippen molar-refractivity contribution in [3.8, 4) is 0 Å². The molecule has 0 heterocycles. The second-order valence-corrected chi connectivity index (χ2v) is 4.08. The number of carboxylic acid groups (broad SMARTS) is 1. The first-order chi connectivity index (χ1) is 7.40. The van der Waals surface area contributed by atoms with E-state index in [-0.39, 0.29) is 18.5 Å². The van der Waals surface area contributed by atoms with E-state index in [9.17, 15) is 9.59 Å². The van der Waals surface area contributed by atoms with Gasteiger partial charge >= 0.3 is 12.0 Å². The lowest BCUT2D eigenvalue weighted by atomic mass is 10.2. The smallest absolute Gasteiger partial charge is 0.319 e. The zero-order chi connectivity index (χ0) is 12.7. The summed E-state index contributed by atoms with van der Waals surface area (Å²) in [7, 11) is 1.74. The van der Waals surface area contributed by atoms with Crippen LogP contribution in [0.5, 0.6) is 0 Å². The highest BCUT2D eigenvalue weighted by atomic mass is 16.4. The first-order valence-electron chi connectivity index (χ1n) is 5.63. The molecule has 1 N–H and O–H groups in total. The fraction of sp³-hybridized carbons (Fsp3) is 0.818. The van der Waals surface area contributed by atoms with E-state index in [1.807, 2.05) is 20.8 Å². The summed E-state index contributed by atoms with van der Waals surface area (Å²) in [6.07, 6.45) is 0.600. The second kappa shape index (κ2) is 7.09. The predicted octanol–water partition coefficient (Wildman–Crippen LogP) is 1.63. The molecule has 0 spiro atoms. The highest BCUT2D eigenvalue weighted by Crippen LogP contribution is 2.05. The lowest BCUT2D eigenvalue weighted by Crippen LogP contribution is -2.45. The number of amides is 2. The number of hydrogen-bond donors (Lipinski definition) is 1. The van der Waals surface area contributed by atoms with Gasteiger partial charge in [0.05, 0.1) is 0 Å². The van der Waals surface area contributed by atoms with E-state index in [1.54, 1.807) is 16.8 Å². The van der Waals surface area contributed by atoms with Crippen LogP contribution >= 0.6 is 0 Å². The fourth-order valence-electron chi connectivity index (χ4n) is 1.33. The van der Waals surface area contributed by atoms with Gasteiger partial charge in [-0.3, -0.25) is 4.79 Å². The van der Waals surface area contributed by atoms with Crippen molar-refractivity contribution in [2.45, 2.75) is 39.7 Å². The maximum Gasteiger partial charge on any atom is 0.319 e. The van der Waals surface area contributed by atoms with Gasteiger partial charge in [0, 0.05) is 32.6 Å². The number of hydrogen-bond acceptors (Lipinski definition) is 2. The molecule has 5 nitrogen and oxygen atoms in total. The Balaban J connectivity index is 4.27. The summed E-state index contributed by atoms with van der Waals surface area (Å²) in [4.78, 5) is 25.6. The van der Waals surface area contributed by atoms with Crippen molar-refractivity contribution in [2.24, 2.45) is 0 Å². The molecule has 0 atom stereocenters. The van der Waals surface area contributed by atoms with Crippen LogP contribution in [0.1, 0.15) is 33.6 Å². The first-order valence-corrected chi connectivity index (χ1v) is 5.63. The van der Waals surface area contributed by atoms with Gasteiger partial charge in [0.15, 0.2) is 0 Å². The Morgan fingerprint density at radius 2 is 1.88 bits per heavy atom. The monoisotopic (exact) mass is 230 g/mol. The van der Waals surface area contributed by atoms with E-state index in [4.69, 9.17) is 5.11 Å². The van der Waals surface area contributed by atoms with Gasteiger partial charge in [0.2, 0.25) is 0 Å². The summed E-state index contributed by atoms with van der Waals surface area (Å²) < 4.78 is 0. The molecule has 0 bridgehead atoms. The number of carboxylic acids is 1. The van der Waals surface area contributed by atoms with Crippen LogP contribution < -0.4 is 0 Å². The highest BCUT2D eigenvalue weighted by Gasteiger charge is 2.19. The van der Waals surface area contributed by atoms with Crippen molar-refractivity contribution in [1.29, 1.82) is 0 Å². The van der Waals surface area contributed by atoms with E-state index >= 15 is 0 Å². The Morgan fingerprint density at radius 3 is 2.25 bits per heavy atom. The normalized spacial score (nSPS) is 10.3. The van der Waals surface area contributed by atoms with E-state index in [0.717, 1.165) is 0 Å². The fourth-order valence-corrected chi connectivity index (χ4v) is 1.33. The SMILES string of the molecule is CCN(C)C(=O)N(CCCC(=O)O)C(C)C. The molecule has 0 saturated carbocycles. The van der Waals surface area contributed by atoms with Crippen molar-refractivity contribution < 1.29 is 14.7 Å². The van der Waals surface area contributed by atoms with Crippen molar-refractivity contribution >= 4 is 12.0 Å². The van der Waals surface area contributed by atoms with Crippen LogP contribution in [-0.2, 0) is 4.79 Å². The molecule has 0 aliphatic carbocycles. The summed E-state index contributed by atoms with van der Waals surface area (Å²) in [6, 6.07) is 0.0539. The molecular formula is C11H22N2O3. The number of carbonyl (C=O) groups is 2. The van der Waals surface area contributed by atoms with Crippen LogP contribution in [0.2, 0.25) is 0 Å². The van der Waals surface area contributed by atoms with Crippen LogP contribution in [0.15, 0.2) is 0 Å². The largest absolute Gasteiger partial charge is 0.481 e. The number of rotatable bonds is 6. The van der Waals surface area contributed by atoms with Crippen LogP contribution in [-0.4, -0.2) is 53.1 Å². The second-order valence-electron chi connectivity index (χ2n) is 4.08. The molecule has 5 heteroatoms. The minimum atomic E-state index is -0.819. The van der Waals surface area contributed by atoms with E-state index < -0.39 is 5.97 Å². The van der Waals surface area contributed by atoms with Crippen molar-refractivity contribution in [1.82, 2.24) is 9.80 Å². The molecule has 0 aliphatic rings. The third-order valence-electron chi connectivity index (χ3n) is 2.46. The topological polar surface area (TPSA) is 60.9 Å². The van der Waals surface area contributed by atoms with Gasteiger partial charge < -0.3 is 14.9 Å². The Bertz CT molecular complexity index is 241. The van der Waals surface area contributed by atoms with Gasteiger partial charge in [-0.15, -0.1) is 0 Å². The highest BCUT2D eigenvalue weighted by molar-refractivity contribution is 5.74. The summed E-state index contributed by atoms with van der Waals surface area (Å²) in [5, 5.41) is 8.55. The van der Waals surface area contributed by atoms with Crippen molar-refractivity contribution in [2.75, 3.05) is 20.1 Å². The zero-order valence-electron chi connectivity index (χ0n) is 10.6. The quantitative estimate of drug-likeness (QED) is 0.754. The molecule has 0 aromatic rings. The molecule has 0 saturated heterocycles. The number of carbonyl (C=O) groups excluding carboxylic acids is 1. The van der Waals surface area contributed by atoms with Crippen LogP contribution in [0.4, 0.5) is 4.79 Å². The van der Waals surface area contributed by atoms with E-state index in [1.165, 1.54) is 0 Å². The third-order valence-corrected chi connectivity index (χ3v) is 2.46. The van der Waals surface area contributed by atoms with Crippen molar-refractivity contribution in [3.63, 3.8) is 0 Å². The number of urea groups is 1. The van der Waals surface area contributed by atoms with Crippen LogP contribution in [0.3, 0.4) is 0 Å². The van der Waals surface area contributed by atoms with Gasteiger partial charge in [0.25, 0.3) is 0 Å². The van der Waals surface area contributed by atoms with Gasteiger partial charge in [-0.25, -0.2) is 4.79 Å². The predicted molar refractivity (Wildman–Crippen MR) is 62.4 cm³/mol. The average molecular weight is 230 g/mol. The zero-order valence-corrected chi connectivity index (χ0v) is 10.6. The Labute approximate surface area is 97.0 Å². The van der Waals surface area contributed by atoms with Crippen LogP contribution in [0.25, 0.3) is 0 Å². The van der Waals surface area contributed by atoms with Crippen LogP contribution in [0, 0.1) is 0 Å². The summed E-state index contributed by atoms with van der Waals surface area (Å²) in [6.45, 7) is 6.92. The Morgan fingerprint density at radius 1 is 1.31 bits per heavy atom. The first kappa shape index (κ1) is 14.7. The lowest BCUT2D eigenvalue weighted by Gasteiger charge is -2.30. The van der Waals surface area contributed by atoms with Gasteiger partial charge in [-0.1, -0.05) is 0 Å². The molecule has 0 aromatic carbocycles. The Hall–Kier alpha value is -1.26. The molecule has 0 fully saturated rings. The minimum absolute atomic E-state index is 0.0390.